The van der Waals surface area contributed by atoms with Gasteiger partial charge in [-0.2, -0.15) is 0 Å². The maximum atomic E-state index is 11.4. The van der Waals surface area contributed by atoms with Crippen molar-refractivity contribution in [2.24, 2.45) is 17.4 Å². The van der Waals surface area contributed by atoms with Gasteiger partial charge in [-0.3, -0.25) is 4.79 Å². The van der Waals surface area contributed by atoms with Crippen molar-refractivity contribution in [3.05, 3.63) is 18.7 Å². The smallest absolute Gasteiger partial charge is 0.237 e. The fourth-order valence-electron chi connectivity index (χ4n) is 2.55. The van der Waals surface area contributed by atoms with Crippen molar-refractivity contribution in [1.29, 1.82) is 0 Å². The molecule has 5 heteroatoms. The number of carbonyl (C=O) groups is 1. The van der Waals surface area contributed by atoms with Gasteiger partial charge in [0.25, 0.3) is 0 Å². The van der Waals surface area contributed by atoms with Crippen LogP contribution in [0.3, 0.4) is 0 Å². The molecule has 0 saturated heterocycles. The summed E-state index contributed by atoms with van der Waals surface area (Å²) in [5.74, 6) is -0.159. The lowest BCUT2D eigenvalue weighted by Crippen LogP contribution is -2.54. The second-order valence-electron chi connectivity index (χ2n) is 4.58. The molecular formula is C11H18N4O. The Morgan fingerprint density at radius 1 is 1.62 bits per heavy atom. The molecule has 0 bridgehead atoms. The van der Waals surface area contributed by atoms with Gasteiger partial charge in [0.05, 0.1) is 11.9 Å². The topological polar surface area (TPSA) is 86.9 Å². The van der Waals surface area contributed by atoms with E-state index in [0.717, 1.165) is 32.2 Å². The minimum atomic E-state index is -0.791. The van der Waals surface area contributed by atoms with Gasteiger partial charge in [-0.15, -0.1) is 0 Å². The molecule has 88 valence electrons. The first-order valence-electron chi connectivity index (χ1n) is 5.67. The summed E-state index contributed by atoms with van der Waals surface area (Å²) in [6.07, 6.45) is 9.03. The lowest BCUT2D eigenvalue weighted by molar-refractivity contribution is -0.124. The Morgan fingerprint density at radius 3 is 3.06 bits per heavy atom. The van der Waals surface area contributed by atoms with E-state index in [1.165, 1.54) is 0 Å². The maximum absolute atomic E-state index is 11.4. The zero-order valence-corrected chi connectivity index (χ0v) is 9.30. The van der Waals surface area contributed by atoms with E-state index in [-0.39, 0.29) is 11.8 Å². The van der Waals surface area contributed by atoms with Crippen LogP contribution in [-0.4, -0.2) is 21.0 Å². The van der Waals surface area contributed by atoms with E-state index in [2.05, 4.69) is 4.98 Å². The standard InChI is InChI=1S/C11H18N4O/c12-10(16)11(13)4-1-2-9(11)3-6-15-7-5-14-8-15/h5,7-9H,1-4,6,13H2,(H2,12,16). The van der Waals surface area contributed by atoms with E-state index in [9.17, 15) is 4.79 Å². The van der Waals surface area contributed by atoms with Crippen LogP contribution >= 0.6 is 0 Å². The molecule has 1 fully saturated rings. The first-order valence-corrected chi connectivity index (χ1v) is 5.67. The van der Waals surface area contributed by atoms with Gasteiger partial charge in [-0.1, -0.05) is 6.42 Å². The predicted molar refractivity (Wildman–Crippen MR) is 60.3 cm³/mol. The summed E-state index contributed by atoms with van der Waals surface area (Å²) in [6, 6.07) is 0. The highest BCUT2D eigenvalue weighted by atomic mass is 16.1. The minimum Gasteiger partial charge on any atom is -0.368 e. The van der Waals surface area contributed by atoms with Gasteiger partial charge in [-0.25, -0.2) is 4.98 Å². The Hall–Kier alpha value is -1.36. The first kappa shape index (κ1) is 11.1. The van der Waals surface area contributed by atoms with Crippen molar-refractivity contribution < 1.29 is 4.79 Å². The van der Waals surface area contributed by atoms with Gasteiger partial charge in [0.15, 0.2) is 0 Å². The number of primary amides is 1. The van der Waals surface area contributed by atoms with Gasteiger partial charge in [0.1, 0.15) is 0 Å². The van der Waals surface area contributed by atoms with Crippen molar-refractivity contribution in [3.8, 4) is 0 Å². The van der Waals surface area contributed by atoms with E-state index in [1.807, 2.05) is 10.8 Å². The number of imidazole rings is 1. The van der Waals surface area contributed by atoms with Crippen LogP contribution < -0.4 is 11.5 Å². The van der Waals surface area contributed by atoms with Crippen LogP contribution in [0, 0.1) is 5.92 Å². The van der Waals surface area contributed by atoms with Gasteiger partial charge < -0.3 is 16.0 Å². The van der Waals surface area contributed by atoms with Crippen LogP contribution in [0.2, 0.25) is 0 Å². The Morgan fingerprint density at radius 2 is 2.44 bits per heavy atom. The molecule has 0 aromatic carbocycles. The van der Waals surface area contributed by atoms with Gasteiger partial charge >= 0.3 is 0 Å². The van der Waals surface area contributed by atoms with E-state index in [4.69, 9.17) is 11.5 Å². The number of hydrogen-bond acceptors (Lipinski definition) is 3. The summed E-state index contributed by atoms with van der Waals surface area (Å²) >= 11 is 0. The second-order valence-corrected chi connectivity index (χ2v) is 4.58. The number of aromatic nitrogens is 2. The van der Waals surface area contributed by atoms with Gasteiger partial charge in [-0.05, 0) is 25.2 Å². The van der Waals surface area contributed by atoms with E-state index >= 15 is 0 Å². The SMILES string of the molecule is NC(=O)C1(N)CCCC1CCn1ccnc1. The van der Waals surface area contributed by atoms with E-state index in [1.54, 1.807) is 12.5 Å². The molecule has 1 aliphatic carbocycles. The quantitative estimate of drug-likeness (QED) is 0.765. The largest absolute Gasteiger partial charge is 0.368 e. The van der Waals surface area contributed by atoms with Crippen molar-refractivity contribution >= 4 is 5.91 Å². The lowest BCUT2D eigenvalue weighted by Gasteiger charge is -2.28. The number of amides is 1. The average molecular weight is 222 g/mol. The highest BCUT2D eigenvalue weighted by molar-refractivity contribution is 5.85. The van der Waals surface area contributed by atoms with Crippen molar-refractivity contribution in [2.75, 3.05) is 0 Å². The highest BCUT2D eigenvalue weighted by Crippen LogP contribution is 2.36. The number of carbonyl (C=O) groups excluding carboxylic acids is 1. The Labute approximate surface area is 94.8 Å². The molecule has 5 nitrogen and oxygen atoms in total. The Kier molecular flexibility index (Phi) is 2.96. The van der Waals surface area contributed by atoms with Crippen LogP contribution in [-0.2, 0) is 11.3 Å². The first-order chi connectivity index (χ1) is 7.63. The summed E-state index contributed by atoms with van der Waals surface area (Å²) in [5.41, 5.74) is 10.7. The molecule has 0 spiro atoms. The summed E-state index contributed by atoms with van der Waals surface area (Å²) in [5, 5.41) is 0. The molecule has 2 atom stereocenters. The fourth-order valence-corrected chi connectivity index (χ4v) is 2.55. The second kappa shape index (κ2) is 4.25. The summed E-state index contributed by atoms with van der Waals surface area (Å²) in [4.78, 5) is 15.4. The van der Waals surface area contributed by atoms with Gasteiger partial charge in [0.2, 0.25) is 5.91 Å². The normalized spacial score (nSPS) is 29.4. The lowest BCUT2D eigenvalue weighted by atomic mass is 9.85. The van der Waals surface area contributed by atoms with Crippen LogP contribution in [0.4, 0.5) is 0 Å². The molecular weight excluding hydrogens is 204 g/mol. The molecule has 0 aliphatic heterocycles. The zero-order chi connectivity index (χ0) is 11.6. The van der Waals surface area contributed by atoms with Crippen LogP contribution in [0.1, 0.15) is 25.7 Å². The van der Waals surface area contributed by atoms with Crippen LogP contribution in [0.25, 0.3) is 0 Å². The molecule has 2 rings (SSSR count). The third-order valence-corrected chi connectivity index (χ3v) is 3.63. The Bertz CT molecular complexity index is 362. The third-order valence-electron chi connectivity index (χ3n) is 3.63. The molecule has 1 amide bonds. The van der Waals surface area contributed by atoms with Gasteiger partial charge in [0, 0.05) is 18.9 Å². The molecule has 4 N–H and O–H groups in total. The average Bonchev–Trinajstić information content (AvgIpc) is 2.85. The van der Waals surface area contributed by atoms with E-state index in [0.29, 0.717) is 0 Å². The number of rotatable bonds is 4. The number of nitrogens with zero attached hydrogens (tertiary/aromatic N) is 2. The number of nitrogens with two attached hydrogens (primary N) is 2. The predicted octanol–water partition coefficient (Wildman–Crippen LogP) is 0.256. The molecule has 1 aromatic rings. The zero-order valence-electron chi connectivity index (χ0n) is 9.30. The third kappa shape index (κ3) is 1.95. The summed E-state index contributed by atoms with van der Waals surface area (Å²) < 4.78 is 2.00. The van der Waals surface area contributed by atoms with Crippen molar-refractivity contribution in [1.82, 2.24) is 9.55 Å². The number of hydrogen-bond donors (Lipinski definition) is 2. The Balaban J connectivity index is 1.96. The molecule has 1 aliphatic rings. The van der Waals surface area contributed by atoms with Crippen LogP contribution in [0.5, 0.6) is 0 Å². The van der Waals surface area contributed by atoms with Crippen molar-refractivity contribution in [2.45, 2.75) is 37.8 Å². The monoisotopic (exact) mass is 222 g/mol. The summed E-state index contributed by atoms with van der Waals surface area (Å²) in [6.45, 7) is 0.844. The van der Waals surface area contributed by atoms with E-state index < -0.39 is 5.54 Å². The molecule has 16 heavy (non-hydrogen) atoms. The van der Waals surface area contributed by atoms with Crippen molar-refractivity contribution in [3.63, 3.8) is 0 Å². The molecule has 1 heterocycles. The highest BCUT2D eigenvalue weighted by Gasteiger charge is 2.43. The van der Waals surface area contributed by atoms with Crippen LogP contribution in [0.15, 0.2) is 18.7 Å². The maximum Gasteiger partial charge on any atom is 0.237 e. The number of aryl methyl sites for hydroxylation is 1. The molecule has 2 unspecified atom stereocenters. The summed E-state index contributed by atoms with van der Waals surface area (Å²) in [7, 11) is 0. The minimum absolute atomic E-state index is 0.201. The molecule has 1 aromatic heterocycles. The molecule has 0 radical (unpaired) electrons. The molecule has 1 saturated carbocycles. The fraction of sp³-hybridized carbons (Fsp3) is 0.636.